The van der Waals surface area contributed by atoms with Gasteiger partial charge in [-0.3, -0.25) is 0 Å². The van der Waals surface area contributed by atoms with Gasteiger partial charge in [-0.05, 0) is 43.9 Å². The molecular weight excluding hydrogens is 332 g/mol. The first-order valence-electron chi connectivity index (χ1n) is 8.68. The number of carbonyl (C=O) groups excluding carboxylic acids is 1. The minimum atomic E-state index is -0.388. The fourth-order valence-electron chi connectivity index (χ4n) is 2.78. The Hall–Kier alpha value is -2.90. The van der Waals surface area contributed by atoms with E-state index in [9.17, 15) is 4.79 Å². The third-order valence-corrected chi connectivity index (χ3v) is 4.32. The largest absolute Gasteiger partial charge is 0.345 e. The van der Waals surface area contributed by atoms with E-state index in [0.29, 0.717) is 17.6 Å². The molecule has 2 heterocycles. The van der Waals surface area contributed by atoms with Crippen LogP contribution in [-0.2, 0) is 6.42 Å². The Morgan fingerprint density at radius 2 is 2.04 bits per heavy atom. The highest BCUT2D eigenvalue weighted by Crippen LogP contribution is 2.26. The van der Waals surface area contributed by atoms with Crippen LogP contribution in [0.3, 0.4) is 0 Å². The van der Waals surface area contributed by atoms with Crippen LogP contribution in [0.4, 0.5) is 10.5 Å². The van der Waals surface area contributed by atoms with Crippen LogP contribution in [0.1, 0.15) is 49.7 Å². The number of amides is 2. The molecule has 8 heteroatoms. The Morgan fingerprint density at radius 3 is 2.77 bits per heavy atom. The summed E-state index contributed by atoms with van der Waals surface area (Å²) in [6, 6.07) is 1.16. The lowest BCUT2D eigenvalue weighted by molar-refractivity contribution is 0.245. The number of aromatic nitrogens is 4. The number of rotatable bonds is 5. The summed E-state index contributed by atoms with van der Waals surface area (Å²) in [6.07, 6.45) is 2.39. The van der Waals surface area contributed by atoms with Gasteiger partial charge in [-0.15, -0.1) is 0 Å². The number of anilines is 1. The quantitative estimate of drug-likeness (QED) is 0.646. The van der Waals surface area contributed by atoms with Gasteiger partial charge in [0.25, 0.3) is 0 Å². The minimum absolute atomic E-state index is 0.331. The Bertz CT molecular complexity index is 927. The predicted octanol–water partition coefficient (Wildman–Crippen LogP) is 3.64. The molecule has 0 saturated heterocycles. The van der Waals surface area contributed by atoms with Crippen molar-refractivity contribution in [2.45, 2.75) is 47.1 Å². The lowest BCUT2D eigenvalue weighted by Crippen LogP contribution is -2.31. The summed E-state index contributed by atoms with van der Waals surface area (Å²) in [5, 5.41) is 9.67. The number of fused-ring (bicyclic) bond motifs is 1. The summed E-state index contributed by atoms with van der Waals surface area (Å²) in [5.41, 5.74) is 4.53. The maximum Gasteiger partial charge on any atom is 0.319 e. The Kier molecular flexibility index (Phi) is 4.92. The topological polar surface area (TPSA) is 109 Å². The van der Waals surface area contributed by atoms with Crippen LogP contribution >= 0.6 is 0 Å². The van der Waals surface area contributed by atoms with E-state index in [-0.39, 0.29) is 12.1 Å². The molecule has 26 heavy (non-hydrogen) atoms. The van der Waals surface area contributed by atoms with Crippen molar-refractivity contribution in [2.24, 2.45) is 5.92 Å². The molecule has 0 unspecified atom stereocenters. The number of carbonyl (C=O) groups is 1. The number of nitrogens with zero attached hydrogens (tertiary/aromatic N) is 3. The van der Waals surface area contributed by atoms with Crippen LogP contribution in [-0.4, -0.2) is 26.1 Å². The number of aromatic amines is 1. The van der Waals surface area contributed by atoms with E-state index < -0.39 is 0 Å². The molecule has 2 amide bonds. The number of hydrogen-bond acceptors (Lipinski definition) is 5. The van der Waals surface area contributed by atoms with Crippen molar-refractivity contribution in [1.82, 2.24) is 25.4 Å². The maximum absolute atomic E-state index is 12.4. The molecule has 2 aromatic heterocycles. The average Bonchev–Trinajstić information content (AvgIpc) is 3.21. The van der Waals surface area contributed by atoms with Crippen LogP contribution in [0, 0.1) is 19.8 Å². The van der Waals surface area contributed by atoms with Gasteiger partial charge in [0.2, 0.25) is 5.89 Å². The van der Waals surface area contributed by atoms with E-state index in [0.717, 1.165) is 34.3 Å². The zero-order valence-electron chi connectivity index (χ0n) is 15.7. The van der Waals surface area contributed by atoms with Crippen molar-refractivity contribution in [3.63, 3.8) is 0 Å². The Morgan fingerprint density at radius 1 is 1.27 bits per heavy atom. The van der Waals surface area contributed by atoms with E-state index in [1.807, 2.05) is 26.8 Å². The van der Waals surface area contributed by atoms with Gasteiger partial charge in [-0.2, -0.15) is 4.98 Å². The number of hydrogen-bond donors (Lipinski definition) is 3. The van der Waals surface area contributed by atoms with E-state index in [1.165, 1.54) is 0 Å². The molecule has 3 N–H and O–H groups in total. The second-order valence-electron chi connectivity index (χ2n) is 6.94. The van der Waals surface area contributed by atoms with E-state index in [2.05, 4.69) is 44.6 Å². The van der Waals surface area contributed by atoms with Crippen molar-refractivity contribution < 1.29 is 9.32 Å². The zero-order valence-corrected chi connectivity index (χ0v) is 15.7. The second kappa shape index (κ2) is 7.15. The smallest absolute Gasteiger partial charge is 0.319 e. The summed E-state index contributed by atoms with van der Waals surface area (Å²) in [4.78, 5) is 24.1. The van der Waals surface area contributed by atoms with Gasteiger partial charge in [0, 0.05) is 12.1 Å². The fourth-order valence-corrected chi connectivity index (χ4v) is 2.78. The molecule has 0 radical (unpaired) electrons. The molecule has 1 aromatic carbocycles. The molecule has 0 aliphatic carbocycles. The highest BCUT2D eigenvalue weighted by Gasteiger charge is 2.18. The Balaban J connectivity index is 1.69. The van der Waals surface area contributed by atoms with Gasteiger partial charge in [0.15, 0.2) is 5.82 Å². The molecule has 138 valence electrons. The van der Waals surface area contributed by atoms with Crippen molar-refractivity contribution >= 4 is 22.8 Å². The number of urea groups is 1. The van der Waals surface area contributed by atoms with Gasteiger partial charge < -0.3 is 20.1 Å². The second-order valence-corrected chi connectivity index (χ2v) is 6.94. The minimum Gasteiger partial charge on any atom is -0.345 e. The molecule has 8 nitrogen and oxygen atoms in total. The van der Waals surface area contributed by atoms with E-state index >= 15 is 0 Å². The predicted molar refractivity (Wildman–Crippen MR) is 99.0 cm³/mol. The molecule has 1 atom stereocenters. The Labute approximate surface area is 151 Å². The van der Waals surface area contributed by atoms with Crippen LogP contribution in [0.15, 0.2) is 16.9 Å². The lowest BCUT2D eigenvalue weighted by Gasteiger charge is -2.14. The third kappa shape index (κ3) is 3.68. The third-order valence-electron chi connectivity index (χ3n) is 4.32. The van der Waals surface area contributed by atoms with Gasteiger partial charge in [-0.25, -0.2) is 9.78 Å². The van der Waals surface area contributed by atoms with Crippen LogP contribution < -0.4 is 10.6 Å². The molecular formula is C18H24N6O2. The van der Waals surface area contributed by atoms with Gasteiger partial charge in [0.1, 0.15) is 6.04 Å². The van der Waals surface area contributed by atoms with Crippen LogP contribution in [0.5, 0.6) is 0 Å². The zero-order chi connectivity index (χ0) is 18.8. The van der Waals surface area contributed by atoms with Crippen molar-refractivity contribution in [2.75, 3.05) is 5.32 Å². The number of H-pyrrole nitrogens is 1. The standard InChI is InChI=1S/C18H24N6O2/c1-9(2)6-15-23-17(26-24-15)12(5)21-18(25)22-13-7-14-16(20-8-19-14)11(4)10(13)3/h7-9,12H,6H2,1-5H3,(H,19,20)(H2,21,22,25)/t12-/m0/s1. The summed E-state index contributed by atoms with van der Waals surface area (Å²) >= 11 is 0. The summed E-state index contributed by atoms with van der Waals surface area (Å²) < 4.78 is 5.25. The average molecular weight is 356 g/mol. The highest BCUT2D eigenvalue weighted by molar-refractivity contribution is 5.94. The fraction of sp³-hybridized carbons (Fsp3) is 0.444. The molecule has 0 spiro atoms. The summed E-state index contributed by atoms with van der Waals surface area (Å²) in [7, 11) is 0. The van der Waals surface area contributed by atoms with E-state index in [4.69, 9.17) is 4.52 Å². The first kappa shape index (κ1) is 17.9. The highest BCUT2D eigenvalue weighted by atomic mass is 16.5. The molecule has 0 aliphatic heterocycles. The van der Waals surface area contributed by atoms with Crippen molar-refractivity contribution in [3.8, 4) is 0 Å². The molecule has 0 fully saturated rings. The summed E-state index contributed by atoms with van der Waals surface area (Å²) in [6.45, 7) is 9.93. The van der Waals surface area contributed by atoms with E-state index in [1.54, 1.807) is 6.33 Å². The number of nitrogens with one attached hydrogen (secondary N) is 3. The molecule has 0 bridgehead atoms. The molecule has 3 rings (SSSR count). The maximum atomic E-state index is 12.4. The molecule has 3 aromatic rings. The van der Waals surface area contributed by atoms with Gasteiger partial charge in [-0.1, -0.05) is 19.0 Å². The van der Waals surface area contributed by atoms with Crippen LogP contribution in [0.2, 0.25) is 0 Å². The molecule has 0 saturated carbocycles. The molecule has 0 aliphatic rings. The monoisotopic (exact) mass is 356 g/mol. The first-order chi connectivity index (χ1) is 12.3. The SMILES string of the molecule is Cc1c(NC(=O)N[C@@H](C)c2nc(CC(C)C)no2)cc2[nH]cnc2c1C. The van der Waals surface area contributed by atoms with Crippen molar-refractivity contribution in [3.05, 3.63) is 35.2 Å². The summed E-state index contributed by atoms with van der Waals surface area (Å²) in [5.74, 6) is 1.49. The van der Waals surface area contributed by atoms with Crippen LogP contribution in [0.25, 0.3) is 11.0 Å². The van der Waals surface area contributed by atoms with Gasteiger partial charge >= 0.3 is 6.03 Å². The lowest BCUT2D eigenvalue weighted by atomic mass is 10.1. The number of imidazole rings is 1. The number of aryl methyl sites for hydroxylation is 1. The first-order valence-corrected chi connectivity index (χ1v) is 8.68. The van der Waals surface area contributed by atoms with Gasteiger partial charge in [0.05, 0.1) is 17.4 Å². The number of benzene rings is 1. The van der Waals surface area contributed by atoms with Crippen molar-refractivity contribution in [1.29, 1.82) is 0 Å². The normalized spacial score (nSPS) is 12.5.